The van der Waals surface area contributed by atoms with Gasteiger partial charge in [0.2, 0.25) is 0 Å². The van der Waals surface area contributed by atoms with E-state index in [-0.39, 0.29) is 0 Å². The molecule has 0 radical (unpaired) electrons. The second-order valence-electron chi connectivity index (χ2n) is 4.55. The molecule has 1 N–H and O–H groups in total. The standard InChI is InChI=1S/C15H18ClNO2/c1-10-4-5-12(16)7-14(10)18-9-13-6-11(2)15(19-13)8-17-3/h4-7,17H,8-9H2,1-3H3. The van der Waals surface area contributed by atoms with Crippen molar-refractivity contribution in [1.82, 2.24) is 5.32 Å². The first-order valence-electron chi connectivity index (χ1n) is 6.22. The van der Waals surface area contributed by atoms with Crippen molar-refractivity contribution in [3.05, 3.63) is 51.9 Å². The van der Waals surface area contributed by atoms with Crippen LogP contribution in [0, 0.1) is 13.8 Å². The predicted octanol–water partition coefficient (Wildman–Crippen LogP) is 3.85. The maximum atomic E-state index is 5.96. The number of halogens is 1. The lowest BCUT2D eigenvalue weighted by Crippen LogP contribution is -2.04. The quantitative estimate of drug-likeness (QED) is 0.903. The maximum Gasteiger partial charge on any atom is 0.146 e. The molecule has 0 saturated carbocycles. The molecule has 0 atom stereocenters. The Balaban J connectivity index is 2.06. The van der Waals surface area contributed by atoms with Crippen LogP contribution in [0.15, 0.2) is 28.7 Å². The third kappa shape index (κ3) is 3.52. The van der Waals surface area contributed by atoms with Gasteiger partial charge in [0, 0.05) is 5.02 Å². The lowest BCUT2D eigenvalue weighted by molar-refractivity contribution is 0.264. The summed E-state index contributed by atoms with van der Waals surface area (Å²) in [5, 5.41) is 3.75. The molecule has 102 valence electrons. The molecule has 19 heavy (non-hydrogen) atoms. The Labute approximate surface area is 118 Å². The zero-order chi connectivity index (χ0) is 13.8. The summed E-state index contributed by atoms with van der Waals surface area (Å²) in [5.41, 5.74) is 2.19. The molecule has 0 aliphatic rings. The van der Waals surface area contributed by atoms with E-state index in [0.717, 1.165) is 34.9 Å². The van der Waals surface area contributed by atoms with Crippen LogP contribution in [0.3, 0.4) is 0 Å². The highest BCUT2D eigenvalue weighted by Crippen LogP contribution is 2.24. The van der Waals surface area contributed by atoms with Gasteiger partial charge in [-0.2, -0.15) is 0 Å². The highest BCUT2D eigenvalue weighted by atomic mass is 35.5. The molecule has 0 amide bonds. The summed E-state index contributed by atoms with van der Waals surface area (Å²) in [4.78, 5) is 0. The number of aryl methyl sites for hydroxylation is 2. The minimum absolute atomic E-state index is 0.408. The van der Waals surface area contributed by atoms with E-state index in [9.17, 15) is 0 Å². The average Bonchev–Trinajstić information content (AvgIpc) is 2.72. The predicted molar refractivity (Wildman–Crippen MR) is 76.7 cm³/mol. The second-order valence-corrected chi connectivity index (χ2v) is 4.98. The highest BCUT2D eigenvalue weighted by molar-refractivity contribution is 6.30. The molecular weight excluding hydrogens is 262 g/mol. The minimum atomic E-state index is 0.408. The Kier molecular flexibility index (Phi) is 4.51. The number of hydrogen-bond donors (Lipinski definition) is 1. The molecule has 1 heterocycles. The van der Waals surface area contributed by atoms with Crippen LogP contribution in [0.25, 0.3) is 0 Å². The zero-order valence-corrected chi connectivity index (χ0v) is 12.2. The van der Waals surface area contributed by atoms with Gasteiger partial charge in [-0.05, 0) is 50.2 Å². The number of nitrogens with one attached hydrogen (secondary N) is 1. The first-order chi connectivity index (χ1) is 9.10. The van der Waals surface area contributed by atoms with E-state index >= 15 is 0 Å². The zero-order valence-electron chi connectivity index (χ0n) is 11.4. The second kappa shape index (κ2) is 6.13. The van der Waals surface area contributed by atoms with Gasteiger partial charge in [-0.25, -0.2) is 0 Å². The van der Waals surface area contributed by atoms with Gasteiger partial charge in [0.05, 0.1) is 6.54 Å². The van der Waals surface area contributed by atoms with Crippen LogP contribution < -0.4 is 10.1 Å². The average molecular weight is 280 g/mol. The Morgan fingerprint density at radius 3 is 2.74 bits per heavy atom. The van der Waals surface area contributed by atoms with Gasteiger partial charge in [-0.15, -0.1) is 0 Å². The fourth-order valence-corrected chi connectivity index (χ4v) is 2.04. The molecule has 2 rings (SSSR count). The molecule has 0 saturated heterocycles. The molecule has 0 bridgehead atoms. The van der Waals surface area contributed by atoms with Crippen molar-refractivity contribution in [2.75, 3.05) is 7.05 Å². The van der Waals surface area contributed by atoms with E-state index in [1.165, 1.54) is 0 Å². The van der Waals surface area contributed by atoms with Crippen molar-refractivity contribution in [2.24, 2.45) is 0 Å². The molecule has 3 nitrogen and oxygen atoms in total. The summed E-state index contributed by atoms with van der Waals surface area (Å²) in [5.74, 6) is 2.56. The Morgan fingerprint density at radius 1 is 1.21 bits per heavy atom. The smallest absolute Gasteiger partial charge is 0.146 e. The molecule has 1 aromatic carbocycles. The van der Waals surface area contributed by atoms with Gasteiger partial charge in [-0.1, -0.05) is 17.7 Å². The fourth-order valence-electron chi connectivity index (χ4n) is 1.88. The van der Waals surface area contributed by atoms with Gasteiger partial charge in [0.1, 0.15) is 23.9 Å². The molecule has 0 aliphatic heterocycles. The topological polar surface area (TPSA) is 34.4 Å². The maximum absolute atomic E-state index is 5.96. The van der Waals surface area contributed by atoms with Gasteiger partial charge < -0.3 is 14.5 Å². The van der Waals surface area contributed by atoms with Gasteiger partial charge >= 0.3 is 0 Å². The summed E-state index contributed by atoms with van der Waals surface area (Å²) in [6.07, 6.45) is 0. The largest absolute Gasteiger partial charge is 0.485 e. The Hall–Kier alpha value is -1.45. The molecule has 0 spiro atoms. The van der Waals surface area contributed by atoms with E-state index in [2.05, 4.69) is 5.32 Å². The molecule has 0 unspecified atom stereocenters. The monoisotopic (exact) mass is 279 g/mol. The van der Waals surface area contributed by atoms with Crippen LogP contribution >= 0.6 is 11.6 Å². The summed E-state index contributed by atoms with van der Waals surface area (Å²) in [6.45, 7) is 5.16. The van der Waals surface area contributed by atoms with Crippen molar-refractivity contribution in [3.63, 3.8) is 0 Å². The third-order valence-electron chi connectivity index (χ3n) is 2.93. The summed E-state index contributed by atoms with van der Waals surface area (Å²) < 4.78 is 11.5. The van der Waals surface area contributed by atoms with E-state index in [0.29, 0.717) is 11.6 Å². The fraction of sp³-hybridized carbons (Fsp3) is 0.333. The highest BCUT2D eigenvalue weighted by Gasteiger charge is 2.08. The number of ether oxygens (including phenoxy) is 1. The van der Waals surface area contributed by atoms with Gasteiger partial charge in [0.25, 0.3) is 0 Å². The van der Waals surface area contributed by atoms with Crippen molar-refractivity contribution >= 4 is 11.6 Å². The first-order valence-corrected chi connectivity index (χ1v) is 6.59. The molecule has 0 fully saturated rings. The Morgan fingerprint density at radius 2 is 2.00 bits per heavy atom. The van der Waals surface area contributed by atoms with Crippen LogP contribution in [-0.2, 0) is 13.2 Å². The number of benzene rings is 1. The van der Waals surface area contributed by atoms with E-state index in [4.69, 9.17) is 20.8 Å². The first kappa shape index (κ1) is 14.0. The van der Waals surface area contributed by atoms with Crippen molar-refractivity contribution in [3.8, 4) is 5.75 Å². The number of rotatable bonds is 5. The van der Waals surface area contributed by atoms with Crippen LogP contribution in [-0.4, -0.2) is 7.05 Å². The molecule has 0 aliphatic carbocycles. The third-order valence-corrected chi connectivity index (χ3v) is 3.16. The van der Waals surface area contributed by atoms with Crippen LogP contribution in [0.4, 0.5) is 0 Å². The molecule has 1 aromatic heterocycles. The lowest BCUT2D eigenvalue weighted by atomic mass is 10.2. The van der Waals surface area contributed by atoms with Crippen molar-refractivity contribution < 1.29 is 9.15 Å². The number of hydrogen-bond acceptors (Lipinski definition) is 3. The van der Waals surface area contributed by atoms with Crippen LogP contribution in [0.5, 0.6) is 5.75 Å². The lowest BCUT2D eigenvalue weighted by Gasteiger charge is -2.07. The van der Waals surface area contributed by atoms with Crippen molar-refractivity contribution in [2.45, 2.75) is 27.0 Å². The summed E-state index contributed by atoms with van der Waals surface area (Å²) in [6, 6.07) is 7.62. The van der Waals surface area contributed by atoms with E-state index in [1.54, 1.807) is 0 Å². The summed E-state index contributed by atoms with van der Waals surface area (Å²) >= 11 is 5.96. The normalized spacial score (nSPS) is 10.7. The van der Waals surface area contributed by atoms with Crippen LogP contribution in [0.2, 0.25) is 5.02 Å². The SMILES string of the molecule is CNCc1oc(COc2cc(Cl)ccc2C)cc1C. The summed E-state index contributed by atoms with van der Waals surface area (Å²) in [7, 11) is 1.90. The minimum Gasteiger partial charge on any atom is -0.485 e. The van der Waals surface area contributed by atoms with Crippen LogP contribution in [0.1, 0.15) is 22.6 Å². The Bertz CT molecular complexity index is 563. The van der Waals surface area contributed by atoms with E-state index in [1.807, 2.05) is 45.2 Å². The van der Waals surface area contributed by atoms with E-state index < -0.39 is 0 Å². The van der Waals surface area contributed by atoms with Crippen molar-refractivity contribution in [1.29, 1.82) is 0 Å². The molecule has 4 heteroatoms. The molecular formula is C15H18ClNO2. The number of furan rings is 1. The van der Waals surface area contributed by atoms with Gasteiger partial charge in [0.15, 0.2) is 0 Å². The van der Waals surface area contributed by atoms with Gasteiger partial charge in [-0.3, -0.25) is 0 Å². The molecule has 2 aromatic rings.